The first-order valence-corrected chi connectivity index (χ1v) is 14.2. The number of rotatable bonds is 13. The maximum absolute atomic E-state index is 5.98. The minimum atomic E-state index is 0. The third kappa shape index (κ3) is 9.83. The fourth-order valence-electron chi connectivity index (χ4n) is 5.13. The number of halogens is 2. The molecule has 4 N–H and O–H groups in total. The van der Waals surface area contributed by atoms with Gasteiger partial charge in [0.1, 0.15) is 12.4 Å². The van der Waals surface area contributed by atoms with Gasteiger partial charge in [-0.3, -0.25) is 0 Å². The first-order valence-electron chi connectivity index (χ1n) is 14.2. The molecule has 39 heavy (non-hydrogen) atoms. The molecule has 0 fully saturated rings. The molecule has 5 heteroatoms. The lowest BCUT2D eigenvalue weighted by Crippen LogP contribution is -2.12. The van der Waals surface area contributed by atoms with Crippen molar-refractivity contribution in [3.8, 4) is 28.0 Å². The van der Waals surface area contributed by atoms with Crippen LogP contribution in [-0.4, -0.2) is 19.7 Å². The number of hydrogen-bond acceptors (Lipinski definition) is 3. The highest BCUT2D eigenvalue weighted by molar-refractivity contribution is 5.85. The van der Waals surface area contributed by atoms with Crippen molar-refractivity contribution >= 4 is 24.8 Å². The molecule has 216 valence electrons. The Bertz CT molecular complexity index is 1160. The van der Waals surface area contributed by atoms with Crippen molar-refractivity contribution in [1.82, 2.24) is 0 Å². The summed E-state index contributed by atoms with van der Waals surface area (Å²) in [7, 11) is 0. The number of nitrogens with two attached hydrogens (primary N) is 2. The molecule has 0 aliphatic heterocycles. The van der Waals surface area contributed by atoms with Crippen LogP contribution in [0, 0.1) is 11.8 Å². The van der Waals surface area contributed by atoms with Crippen LogP contribution in [0.25, 0.3) is 22.3 Å². The average molecular weight is 574 g/mol. The van der Waals surface area contributed by atoms with Crippen LogP contribution in [0.3, 0.4) is 0 Å². The lowest BCUT2D eigenvalue weighted by Gasteiger charge is -2.20. The van der Waals surface area contributed by atoms with Gasteiger partial charge in [0, 0.05) is 6.54 Å². The Morgan fingerprint density at radius 1 is 0.667 bits per heavy atom. The Hall–Kier alpha value is -2.04. The van der Waals surface area contributed by atoms with Gasteiger partial charge < -0.3 is 16.2 Å². The van der Waals surface area contributed by atoms with Crippen LogP contribution >= 0.6 is 24.8 Å². The summed E-state index contributed by atoms with van der Waals surface area (Å²) in [5, 5.41) is 0. The van der Waals surface area contributed by atoms with Crippen molar-refractivity contribution in [3.63, 3.8) is 0 Å². The molecule has 3 aromatic rings. The summed E-state index contributed by atoms with van der Waals surface area (Å²) in [5.74, 6) is 2.52. The van der Waals surface area contributed by atoms with Gasteiger partial charge in [0.15, 0.2) is 0 Å². The Morgan fingerprint density at radius 3 is 1.90 bits per heavy atom. The van der Waals surface area contributed by atoms with Crippen LogP contribution in [0.5, 0.6) is 5.75 Å². The zero-order valence-corrected chi connectivity index (χ0v) is 26.4. The van der Waals surface area contributed by atoms with Gasteiger partial charge in [0.25, 0.3) is 0 Å². The molecule has 0 saturated carbocycles. The molecule has 0 unspecified atom stereocenters. The molecule has 0 bridgehead atoms. The number of aryl methyl sites for hydroxylation is 1. The van der Waals surface area contributed by atoms with E-state index in [-0.39, 0.29) is 24.8 Å². The number of benzene rings is 3. The van der Waals surface area contributed by atoms with Crippen molar-refractivity contribution in [3.05, 3.63) is 76.9 Å². The second-order valence-electron chi connectivity index (χ2n) is 11.5. The van der Waals surface area contributed by atoms with E-state index in [2.05, 4.69) is 96.1 Å². The third-order valence-corrected chi connectivity index (χ3v) is 6.83. The van der Waals surface area contributed by atoms with Crippen molar-refractivity contribution in [2.75, 3.05) is 19.7 Å². The predicted octanol–water partition coefficient (Wildman–Crippen LogP) is 8.61. The largest absolute Gasteiger partial charge is 0.492 e. The van der Waals surface area contributed by atoms with Crippen LogP contribution in [-0.2, 0) is 19.3 Å². The first kappa shape index (κ1) is 35.0. The highest BCUT2D eigenvalue weighted by Gasteiger charge is 2.16. The van der Waals surface area contributed by atoms with E-state index in [9.17, 15) is 0 Å². The molecule has 0 amide bonds. The molecule has 0 atom stereocenters. The minimum absolute atomic E-state index is 0. The maximum atomic E-state index is 5.98. The van der Waals surface area contributed by atoms with Gasteiger partial charge in [-0.2, -0.15) is 0 Å². The smallest absolute Gasteiger partial charge is 0.122 e. The first-order chi connectivity index (χ1) is 17.7. The van der Waals surface area contributed by atoms with E-state index in [0.29, 0.717) is 30.9 Å². The maximum Gasteiger partial charge on any atom is 0.122 e. The van der Waals surface area contributed by atoms with E-state index in [1.165, 1.54) is 44.5 Å². The van der Waals surface area contributed by atoms with Gasteiger partial charge in [-0.25, -0.2) is 0 Å². The highest BCUT2D eigenvalue weighted by atomic mass is 35.5. The van der Waals surface area contributed by atoms with Gasteiger partial charge in [-0.1, -0.05) is 84.0 Å². The summed E-state index contributed by atoms with van der Waals surface area (Å²) < 4.78 is 5.98. The molecule has 0 heterocycles. The average Bonchev–Trinajstić information content (AvgIpc) is 2.85. The van der Waals surface area contributed by atoms with E-state index in [1.54, 1.807) is 0 Å². The summed E-state index contributed by atoms with van der Waals surface area (Å²) in [6, 6.07) is 20.7. The summed E-state index contributed by atoms with van der Waals surface area (Å²) in [5.41, 5.74) is 22.2. The SMILES string of the molecule is CC(C)Cc1cc(-c2ccc(-c3ccc(CCCN)cc3CC(C)C)cc2C(C)C)ccc1OCCN.Cl.Cl. The molecular formula is C34H50Cl2N2O. The summed E-state index contributed by atoms with van der Waals surface area (Å²) in [6.45, 7) is 15.5. The minimum Gasteiger partial charge on any atom is -0.492 e. The zero-order valence-electron chi connectivity index (χ0n) is 24.8. The molecule has 0 aliphatic carbocycles. The van der Waals surface area contributed by atoms with Crippen molar-refractivity contribution < 1.29 is 4.74 Å². The zero-order chi connectivity index (χ0) is 26.9. The van der Waals surface area contributed by atoms with Crippen LogP contribution in [0.1, 0.15) is 76.1 Å². The quantitative estimate of drug-likeness (QED) is 0.215. The normalized spacial score (nSPS) is 11.1. The number of ether oxygens (including phenoxy) is 1. The van der Waals surface area contributed by atoms with E-state index in [4.69, 9.17) is 16.2 Å². The van der Waals surface area contributed by atoms with E-state index in [1.807, 2.05) is 0 Å². The summed E-state index contributed by atoms with van der Waals surface area (Å²) in [6.07, 6.45) is 4.13. The lowest BCUT2D eigenvalue weighted by atomic mass is 9.86. The van der Waals surface area contributed by atoms with E-state index in [0.717, 1.165) is 38.0 Å². The summed E-state index contributed by atoms with van der Waals surface area (Å²) >= 11 is 0. The van der Waals surface area contributed by atoms with Crippen molar-refractivity contribution in [2.45, 2.75) is 73.1 Å². The van der Waals surface area contributed by atoms with Gasteiger partial charge in [-0.15, -0.1) is 24.8 Å². The molecule has 0 aromatic heterocycles. The molecule has 0 spiro atoms. The van der Waals surface area contributed by atoms with Gasteiger partial charge in [0.05, 0.1) is 0 Å². The van der Waals surface area contributed by atoms with Gasteiger partial charge in [0.2, 0.25) is 0 Å². The van der Waals surface area contributed by atoms with Crippen molar-refractivity contribution in [2.24, 2.45) is 23.3 Å². The molecule has 3 nitrogen and oxygen atoms in total. The van der Waals surface area contributed by atoms with Crippen LogP contribution < -0.4 is 16.2 Å². The Morgan fingerprint density at radius 2 is 1.28 bits per heavy atom. The second-order valence-corrected chi connectivity index (χ2v) is 11.5. The lowest BCUT2D eigenvalue weighted by molar-refractivity contribution is 0.323. The Labute approximate surface area is 249 Å². The van der Waals surface area contributed by atoms with Crippen LogP contribution in [0.15, 0.2) is 54.6 Å². The fourth-order valence-corrected chi connectivity index (χ4v) is 5.13. The Balaban J connectivity index is 0.00000380. The molecule has 3 rings (SSSR count). The molecule has 0 aliphatic rings. The number of hydrogen-bond donors (Lipinski definition) is 2. The molecule has 0 saturated heterocycles. The molecular weight excluding hydrogens is 523 g/mol. The topological polar surface area (TPSA) is 61.3 Å². The van der Waals surface area contributed by atoms with Gasteiger partial charge >= 0.3 is 0 Å². The monoisotopic (exact) mass is 572 g/mol. The van der Waals surface area contributed by atoms with E-state index < -0.39 is 0 Å². The van der Waals surface area contributed by atoms with Crippen molar-refractivity contribution in [1.29, 1.82) is 0 Å². The van der Waals surface area contributed by atoms with Crippen LogP contribution in [0.2, 0.25) is 0 Å². The molecule has 3 aromatic carbocycles. The predicted molar refractivity (Wildman–Crippen MR) is 175 cm³/mol. The second kappa shape index (κ2) is 16.9. The standard InChI is InChI=1S/C34H48N2O.2ClH/c1-23(2)18-29-20-26(8-7-15-35)9-12-31(29)28-10-13-32(33(22-28)25(5)6)27-11-14-34(37-17-16-36)30(21-27)19-24(3)4;;/h9-14,20-25H,7-8,15-19,35-36H2,1-6H3;2*1H. The molecule has 0 radical (unpaired) electrons. The van der Waals surface area contributed by atoms with E-state index >= 15 is 0 Å². The highest BCUT2D eigenvalue weighted by Crippen LogP contribution is 2.37. The van der Waals surface area contributed by atoms with Gasteiger partial charge in [-0.05, 0) is 107 Å². The Kier molecular flexibility index (Phi) is 15.2. The van der Waals surface area contributed by atoms with Crippen LogP contribution in [0.4, 0.5) is 0 Å². The fraction of sp³-hybridized carbons (Fsp3) is 0.471. The summed E-state index contributed by atoms with van der Waals surface area (Å²) in [4.78, 5) is 0. The third-order valence-electron chi connectivity index (χ3n) is 6.83.